The maximum atomic E-state index is 11.4. The van der Waals surface area contributed by atoms with Crippen molar-refractivity contribution in [2.45, 2.75) is 58.3 Å². The summed E-state index contributed by atoms with van der Waals surface area (Å²) < 4.78 is 13.5. The van der Waals surface area contributed by atoms with E-state index in [0.717, 1.165) is 60.3 Å². The average Bonchev–Trinajstić information content (AvgIpc) is 3.35. The van der Waals surface area contributed by atoms with Gasteiger partial charge in [0.1, 0.15) is 5.69 Å². The lowest BCUT2D eigenvalue weighted by Gasteiger charge is -2.13. The van der Waals surface area contributed by atoms with Crippen LogP contribution in [0, 0.1) is 0 Å². The van der Waals surface area contributed by atoms with Crippen LogP contribution in [-0.2, 0) is 9.53 Å². The molecule has 0 spiro atoms. The summed E-state index contributed by atoms with van der Waals surface area (Å²) in [7, 11) is 0. The van der Waals surface area contributed by atoms with Gasteiger partial charge in [-0.1, -0.05) is 111 Å². The summed E-state index contributed by atoms with van der Waals surface area (Å²) in [4.78, 5) is 16.5. The van der Waals surface area contributed by atoms with Gasteiger partial charge in [0, 0.05) is 17.5 Å². The van der Waals surface area contributed by atoms with Crippen molar-refractivity contribution in [3.63, 3.8) is 0 Å². The molecule has 198 valence electrons. The summed E-state index contributed by atoms with van der Waals surface area (Å²) in [6, 6.07) is 31.6. The van der Waals surface area contributed by atoms with E-state index in [0.29, 0.717) is 25.6 Å². The minimum atomic E-state index is -0.0793. The number of unbranched alkanes of at least 4 members (excludes halogenated alkanes) is 6. The van der Waals surface area contributed by atoms with Crippen molar-refractivity contribution in [1.82, 2.24) is 9.55 Å². The van der Waals surface area contributed by atoms with Crippen molar-refractivity contribution in [1.29, 1.82) is 0 Å². The summed E-state index contributed by atoms with van der Waals surface area (Å²) in [6.07, 6.45) is 8.11. The van der Waals surface area contributed by atoms with Gasteiger partial charge in [-0.05, 0) is 31.9 Å². The Balaban J connectivity index is 1.41. The molecule has 0 atom stereocenters. The molecule has 5 heteroatoms. The number of carbonyl (C=O) groups excluding carboxylic acids is 1. The lowest BCUT2D eigenvalue weighted by Crippen LogP contribution is -2.05. The Morgan fingerprint density at radius 2 is 1.26 bits per heavy atom. The zero-order valence-corrected chi connectivity index (χ0v) is 22.4. The summed E-state index contributed by atoms with van der Waals surface area (Å²) in [5.41, 5.74) is 5.13. The fourth-order valence-electron chi connectivity index (χ4n) is 4.62. The molecule has 0 saturated heterocycles. The number of nitrogens with zero attached hydrogens (tertiary/aromatic N) is 2. The van der Waals surface area contributed by atoms with Crippen LogP contribution in [0.1, 0.15) is 58.3 Å². The largest absolute Gasteiger partial charge is 0.466 e. The molecule has 0 unspecified atom stereocenters. The molecule has 3 aromatic carbocycles. The molecule has 1 heterocycles. The SMILES string of the molecule is CCOC(=O)CCCCCCCCCOc1nc(-c2ccccc2)c(-c2ccccc2)n1-c1ccccc1. The third-order valence-electron chi connectivity index (χ3n) is 6.52. The van der Waals surface area contributed by atoms with E-state index in [9.17, 15) is 4.79 Å². The van der Waals surface area contributed by atoms with E-state index in [4.69, 9.17) is 14.5 Å². The molecule has 4 aromatic rings. The smallest absolute Gasteiger partial charge is 0.305 e. The van der Waals surface area contributed by atoms with Crippen molar-refractivity contribution < 1.29 is 14.3 Å². The second kappa shape index (κ2) is 14.8. The first-order valence-corrected chi connectivity index (χ1v) is 13.9. The van der Waals surface area contributed by atoms with E-state index in [1.807, 2.05) is 49.4 Å². The molecule has 4 rings (SSSR count). The molecule has 0 N–H and O–H groups in total. The van der Waals surface area contributed by atoms with Gasteiger partial charge < -0.3 is 9.47 Å². The summed E-state index contributed by atoms with van der Waals surface area (Å²) >= 11 is 0. The molecule has 1 aromatic heterocycles. The van der Waals surface area contributed by atoms with E-state index in [1.165, 1.54) is 12.8 Å². The van der Waals surface area contributed by atoms with Crippen LogP contribution in [0.3, 0.4) is 0 Å². The molecule has 0 aliphatic heterocycles. The standard InChI is InChI=1S/C33H38N2O3/c1-2-37-30(36)25-17-6-4-3-5-7-18-26-38-33-34-31(27-19-11-8-12-20-27)32(28-21-13-9-14-22-28)35(33)29-23-15-10-16-24-29/h8-16,19-24H,2-7,17-18,25-26H2,1H3. The number of para-hydroxylation sites is 1. The first-order valence-electron chi connectivity index (χ1n) is 13.9. The van der Waals surface area contributed by atoms with Gasteiger partial charge in [-0.15, -0.1) is 0 Å². The van der Waals surface area contributed by atoms with Gasteiger partial charge in [-0.25, -0.2) is 0 Å². The molecule has 0 fully saturated rings. The highest BCUT2D eigenvalue weighted by molar-refractivity contribution is 5.81. The van der Waals surface area contributed by atoms with Crippen LogP contribution in [0.4, 0.5) is 0 Å². The van der Waals surface area contributed by atoms with Crippen molar-refractivity contribution >= 4 is 5.97 Å². The van der Waals surface area contributed by atoms with Gasteiger partial charge in [0.25, 0.3) is 0 Å². The van der Waals surface area contributed by atoms with Crippen molar-refractivity contribution in [3.8, 4) is 34.2 Å². The van der Waals surface area contributed by atoms with Crippen molar-refractivity contribution in [3.05, 3.63) is 91.0 Å². The third-order valence-corrected chi connectivity index (χ3v) is 6.52. The highest BCUT2D eigenvalue weighted by Gasteiger charge is 2.22. The molecule has 0 saturated carbocycles. The number of benzene rings is 3. The Kier molecular flexibility index (Phi) is 10.6. The van der Waals surface area contributed by atoms with Gasteiger partial charge >= 0.3 is 12.0 Å². The van der Waals surface area contributed by atoms with E-state index in [1.54, 1.807) is 0 Å². The number of esters is 1. The number of aromatic nitrogens is 2. The Morgan fingerprint density at radius 1 is 0.711 bits per heavy atom. The molecule has 0 aliphatic rings. The van der Waals surface area contributed by atoms with Crippen molar-refractivity contribution in [2.75, 3.05) is 13.2 Å². The maximum Gasteiger partial charge on any atom is 0.305 e. The monoisotopic (exact) mass is 510 g/mol. The van der Waals surface area contributed by atoms with Gasteiger partial charge in [0.05, 0.1) is 24.6 Å². The van der Waals surface area contributed by atoms with Crippen LogP contribution in [0.15, 0.2) is 91.0 Å². The van der Waals surface area contributed by atoms with E-state index >= 15 is 0 Å². The lowest BCUT2D eigenvalue weighted by atomic mass is 10.0. The lowest BCUT2D eigenvalue weighted by molar-refractivity contribution is -0.143. The minimum absolute atomic E-state index is 0.0793. The molecule has 0 radical (unpaired) electrons. The van der Waals surface area contributed by atoms with Gasteiger partial charge in [0.15, 0.2) is 0 Å². The molecule has 0 amide bonds. The van der Waals surface area contributed by atoms with E-state index in [2.05, 4.69) is 53.1 Å². The van der Waals surface area contributed by atoms with Gasteiger partial charge in [-0.3, -0.25) is 9.36 Å². The Morgan fingerprint density at radius 3 is 1.89 bits per heavy atom. The number of hydrogen-bond acceptors (Lipinski definition) is 4. The van der Waals surface area contributed by atoms with E-state index < -0.39 is 0 Å². The predicted octanol–water partition coefficient (Wildman–Crippen LogP) is 8.27. The maximum absolute atomic E-state index is 11.4. The molecule has 5 nitrogen and oxygen atoms in total. The zero-order chi connectivity index (χ0) is 26.4. The first-order chi connectivity index (χ1) is 18.8. The summed E-state index contributed by atoms with van der Waals surface area (Å²) in [5.74, 6) is -0.0793. The first kappa shape index (κ1) is 27.2. The zero-order valence-electron chi connectivity index (χ0n) is 22.4. The van der Waals surface area contributed by atoms with Crippen LogP contribution in [0.25, 0.3) is 28.2 Å². The topological polar surface area (TPSA) is 53.4 Å². The second-order valence-corrected chi connectivity index (χ2v) is 9.37. The fraction of sp³-hybridized carbons (Fsp3) is 0.333. The van der Waals surface area contributed by atoms with Crippen LogP contribution in [-0.4, -0.2) is 28.7 Å². The fourth-order valence-corrected chi connectivity index (χ4v) is 4.62. The number of carbonyl (C=O) groups is 1. The molecule has 0 bridgehead atoms. The molecule has 38 heavy (non-hydrogen) atoms. The van der Waals surface area contributed by atoms with Gasteiger partial charge in [-0.2, -0.15) is 4.98 Å². The normalized spacial score (nSPS) is 10.9. The van der Waals surface area contributed by atoms with Crippen LogP contribution < -0.4 is 4.74 Å². The molecular weight excluding hydrogens is 472 g/mol. The Labute approximate surface area is 226 Å². The highest BCUT2D eigenvalue weighted by Crippen LogP contribution is 2.37. The second-order valence-electron chi connectivity index (χ2n) is 9.37. The predicted molar refractivity (Wildman–Crippen MR) is 153 cm³/mol. The van der Waals surface area contributed by atoms with Crippen LogP contribution in [0.2, 0.25) is 0 Å². The Hall–Kier alpha value is -3.86. The number of imidazole rings is 1. The quantitative estimate of drug-likeness (QED) is 0.119. The number of rotatable bonds is 15. The van der Waals surface area contributed by atoms with Crippen molar-refractivity contribution in [2.24, 2.45) is 0 Å². The van der Waals surface area contributed by atoms with Crippen LogP contribution >= 0.6 is 0 Å². The summed E-state index contributed by atoms with van der Waals surface area (Å²) in [5, 5.41) is 0. The highest BCUT2D eigenvalue weighted by atomic mass is 16.5. The third kappa shape index (κ3) is 7.58. The molecular formula is C33H38N2O3. The van der Waals surface area contributed by atoms with Gasteiger partial charge in [0.2, 0.25) is 0 Å². The summed E-state index contributed by atoms with van der Waals surface area (Å²) in [6.45, 7) is 2.93. The average molecular weight is 511 g/mol. The van der Waals surface area contributed by atoms with Crippen LogP contribution in [0.5, 0.6) is 6.01 Å². The number of ether oxygens (including phenoxy) is 2. The number of hydrogen-bond donors (Lipinski definition) is 0. The Bertz CT molecular complexity index is 1240. The molecule has 0 aliphatic carbocycles. The van der Waals surface area contributed by atoms with E-state index in [-0.39, 0.29) is 5.97 Å². The minimum Gasteiger partial charge on any atom is -0.466 e.